The van der Waals surface area contributed by atoms with E-state index in [1.807, 2.05) is 18.2 Å². The number of carbonyl (C=O) groups excluding carboxylic acids is 1. The van der Waals surface area contributed by atoms with Gasteiger partial charge >= 0.3 is 0 Å². The van der Waals surface area contributed by atoms with Gasteiger partial charge in [-0.2, -0.15) is 0 Å². The van der Waals surface area contributed by atoms with Crippen LogP contribution >= 0.6 is 0 Å². The van der Waals surface area contributed by atoms with E-state index in [9.17, 15) is 9.90 Å². The van der Waals surface area contributed by atoms with Gasteiger partial charge in [-0.1, -0.05) is 13.8 Å². The predicted molar refractivity (Wildman–Crippen MR) is 109 cm³/mol. The number of hydrogen-bond acceptors (Lipinski definition) is 3. The number of Topliss-reactive ketones (excluding diaryl/α,β-unsaturated/α-hetero) is 1. The van der Waals surface area contributed by atoms with Gasteiger partial charge in [-0.3, -0.25) is 4.79 Å². The molecule has 4 fully saturated rings. The van der Waals surface area contributed by atoms with Gasteiger partial charge < -0.3 is 9.52 Å². The summed E-state index contributed by atoms with van der Waals surface area (Å²) in [6, 6.07) is 3.82. The van der Waals surface area contributed by atoms with E-state index < -0.39 is 0 Å². The van der Waals surface area contributed by atoms with Gasteiger partial charge in [-0.25, -0.2) is 0 Å². The van der Waals surface area contributed by atoms with Crippen LogP contribution in [0.3, 0.4) is 0 Å². The third-order valence-electron chi connectivity index (χ3n) is 9.42. The Balaban J connectivity index is 1.42. The second-order valence-electron chi connectivity index (χ2n) is 10.6. The van der Waals surface area contributed by atoms with Crippen LogP contribution in [0, 0.1) is 34.5 Å². The van der Waals surface area contributed by atoms with Gasteiger partial charge in [0.05, 0.1) is 12.4 Å². The molecule has 0 radical (unpaired) electrons. The molecule has 28 heavy (non-hydrogen) atoms. The van der Waals surface area contributed by atoms with Gasteiger partial charge in [0, 0.05) is 5.41 Å². The summed E-state index contributed by atoms with van der Waals surface area (Å²) in [6.45, 7) is 4.76. The monoisotopic (exact) mass is 382 g/mol. The van der Waals surface area contributed by atoms with Crippen molar-refractivity contribution in [2.24, 2.45) is 34.5 Å². The summed E-state index contributed by atoms with van der Waals surface area (Å²) in [4.78, 5) is 13.5. The first-order valence-electron chi connectivity index (χ1n) is 11.4. The molecule has 1 aromatic heterocycles. The number of hydrogen-bond donors (Lipinski definition) is 1. The SMILES string of the molecule is C[C@]12CC[C@H](O)C[C@@H]1CC[C@@H]1[C@@H]2CC[C@]2(C)C(=O)/C(=C\c3ccco3)CC[C@@H]12. The summed E-state index contributed by atoms with van der Waals surface area (Å²) < 4.78 is 5.47. The molecule has 7 atom stereocenters. The lowest BCUT2D eigenvalue weighted by Gasteiger charge is -2.62. The van der Waals surface area contributed by atoms with Gasteiger partial charge in [0.25, 0.3) is 0 Å². The Kier molecular flexibility index (Phi) is 4.39. The Hall–Kier alpha value is -1.35. The number of aliphatic hydroxyl groups excluding tert-OH is 1. The van der Waals surface area contributed by atoms with Crippen molar-refractivity contribution in [1.82, 2.24) is 0 Å². The highest BCUT2D eigenvalue weighted by Crippen LogP contribution is 2.65. The molecule has 5 rings (SSSR count). The van der Waals surface area contributed by atoms with Crippen LogP contribution in [0.1, 0.15) is 77.4 Å². The maximum atomic E-state index is 13.5. The first-order chi connectivity index (χ1) is 13.4. The molecule has 1 N–H and O–H groups in total. The zero-order valence-electron chi connectivity index (χ0n) is 17.3. The molecule has 0 aromatic carbocycles. The number of fused-ring (bicyclic) bond motifs is 5. The summed E-state index contributed by atoms with van der Waals surface area (Å²) >= 11 is 0. The lowest BCUT2D eigenvalue weighted by molar-refractivity contribution is -0.153. The quantitative estimate of drug-likeness (QED) is 0.640. The van der Waals surface area contributed by atoms with E-state index in [0.29, 0.717) is 29.0 Å². The van der Waals surface area contributed by atoms with Crippen molar-refractivity contribution < 1.29 is 14.3 Å². The van der Waals surface area contributed by atoms with Crippen LogP contribution in [-0.4, -0.2) is 17.0 Å². The van der Waals surface area contributed by atoms with Gasteiger partial charge in [0.2, 0.25) is 0 Å². The number of carbonyl (C=O) groups is 1. The van der Waals surface area contributed by atoms with Crippen molar-refractivity contribution in [3.8, 4) is 0 Å². The molecule has 0 saturated heterocycles. The molecule has 4 aliphatic rings. The van der Waals surface area contributed by atoms with E-state index >= 15 is 0 Å². The summed E-state index contributed by atoms with van der Waals surface area (Å²) in [5.41, 5.74) is 1.14. The van der Waals surface area contributed by atoms with Crippen molar-refractivity contribution in [2.75, 3.05) is 0 Å². The van der Waals surface area contributed by atoms with Crippen LogP contribution in [0.4, 0.5) is 0 Å². The van der Waals surface area contributed by atoms with E-state index in [2.05, 4.69) is 13.8 Å². The second kappa shape index (κ2) is 6.58. The average Bonchev–Trinajstić information content (AvgIpc) is 3.18. The fraction of sp³-hybridized carbons (Fsp3) is 0.720. The Labute approximate surface area is 168 Å². The Morgan fingerprint density at radius 1 is 1.11 bits per heavy atom. The zero-order chi connectivity index (χ0) is 19.5. The maximum Gasteiger partial charge on any atom is 0.165 e. The molecule has 4 aliphatic carbocycles. The highest BCUT2D eigenvalue weighted by Gasteiger charge is 2.59. The molecule has 1 heterocycles. The summed E-state index contributed by atoms with van der Waals surface area (Å²) in [5.74, 6) is 3.80. The fourth-order valence-corrected chi connectivity index (χ4v) is 7.84. The molecule has 0 amide bonds. The molecule has 0 aliphatic heterocycles. The molecule has 1 aromatic rings. The molecular formula is C25H34O3. The lowest BCUT2D eigenvalue weighted by Crippen LogP contribution is -2.57. The fourth-order valence-electron chi connectivity index (χ4n) is 7.84. The number of rotatable bonds is 1. The Morgan fingerprint density at radius 2 is 1.96 bits per heavy atom. The Morgan fingerprint density at radius 3 is 2.75 bits per heavy atom. The van der Waals surface area contributed by atoms with Gasteiger partial charge in [0.1, 0.15) is 5.76 Å². The van der Waals surface area contributed by atoms with Gasteiger partial charge in [0.15, 0.2) is 5.78 Å². The normalized spacial score (nSPS) is 47.3. The van der Waals surface area contributed by atoms with Crippen molar-refractivity contribution in [2.45, 2.75) is 77.7 Å². The minimum absolute atomic E-state index is 0.0889. The summed E-state index contributed by atoms with van der Waals surface area (Å²) in [6.07, 6.45) is 13.4. The van der Waals surface area contributed by atoms with Crippen molar-refractivity contribution in [1.29, 1.82) is 0 Å². The molecule has 3 nitrogen and oxygen atoms in total. The van der Waals surface area contributed by atoms with E-state index in [4.69, 9.17) is 4.42 Å². The number of aliphatic hydroxyl groups is 1. The van der Waals surface area contributed by atoms with Crippen LogP contribution in [0.5, 0.6) is 0 Å². The minimum Gasteiger partial charge on any atom is -0.465 e. The molecule has 0 unspecified atom stereocenters. The first kappa shape index (κ1) is 18.7. The van der Waals surface area contributed by atoms with Crippen LogP contribution in [0.2, 0.25) is 0 Å². The number of furan rings is 1. The molecule has 4 saturated carbocycles. The molecular weight excluding hydrogens is 348 g/mol. The van der Waals surface area contributed by atoms with E-state index in [-0.39, 0.29) is 11.5 Å². The average molecular weight is 383 g/mol. The van der Waals surface area contributed by atoms with Crippen molar-refractivity contribution in [3.63, 3.8) is 0 Å². The largest absolute Gasteiger partial charge is 0.465 e. The standard InChI is InChI=1S/C25H34O3/c1-24-11-9-18(26)15-17(24)6-7-20-21-8-5-16(14-19-4-3-13-28-19)23(27)25(21,2)12-10-22(20)24/h3-4,13-14,17-18,20-22,26H,5-12,15H2,1-2H3/b16-14-/t17-,18-,20-,21-,22-,24-,25-/m0/s1. The molecule has 0 bridgehead atoms. The maximum absolute atomic E-state index is 13.5. The van der Waals surface area contributed by atoms with Crippen LogP contribution in [0.15, 0.2) is 28.4 Å². The highest BCUT2D eigenvalue weighted by atomic mass is 16.3. The lowest BCUT2D eigenvalue weighted by atomic mass is 9.42. The molecule has 152 valence electrons. The molecule has 0 spiro atoms. The van der Waals surface area contributed by atoms with E-state index in [1.165, 1.54) is 25.7 Å². The second-order valence-corrected chi connectivity index (χ2v) is 10.6. The highest BCUT2D eigenvalue weighted by molar-refractivity contribution is 6.04. The third-order valence-corrected chi connectivity index (χ3v) is 9.42. The van der Waals surface area contributed by atoms with Crippen molar-refractivity contribution in [3.05, 3.63) is 29.7 Å². The van der Waals surface area contributed by atoms with Gasteiger partial charge in [-0.05, 0) is 111 Å². The first-order valence-corrected chi connectivity index (χ1v) is 11.4. The van der Waals surface area contributed by atoms with E-state index in [1.54, 1.807) is 6.26 Å². The summed E-state index contributed by atoms with van der Waals surface area (Å²) in [5, 5.41) is 10.2. The van der Waals surface area contributed by atoms with Crippen molar-refractivity contribution >= 4 is 11.9 Å². The van der Waals surface area contributed by atoms with Crippen LogP contribution in [-0.2, 0) is 4.79 Å². The van der Waals surface area contributed by atoms with E-state index in [0.717, 1.165) is 49.4 Å². The molecule has 3 heteroatoms. The minimum atomic E-state index is -0.199. The van der Waals surface area contributed by atoms with Gasteiger partial charge in [-0.15, -0.1) is 0 Å². The van der Waals surface area contributed by atoms with Crippen LogP contribution < -0.4 is 0 Å². The van der Waals surface area contributed by atoms with Crippen LogP contribution in [0.25, 0.3) is 6.08 Å². The Bertz CT molecular complexity index is 778. The zero-order valence-corrected chi connectivity index (χ0v) is 17.3. The smallest absolute Gasteiger partial charge is 0.165 e. The summed E-state index contributed by atoms with van der Waals surface area (Å²) in [7, 11) is 0. The predicted octanol–water partition coefficient (Wildman–Crippen LogP) is 5.64. The topological polar surface area (TPSA) is 50.4 Å². The number of ketones is 1. The third kappa shape index (κ3) is 2.69. The number of allylic oxidation sites excluding steroid dienone is 1.